The van der Waals surface area contributed by atoms with Crippen molar-refractivity contribution in [2.24, 2.45) is 5.92 Å². The summed E-state index contributed by atoms with van der Waals surface area (Å²) in [5.41, 5.74) is 6.73. The lowest BCUT2D eigenvalue weighted by Gasteiger charge is -2.17. The summed E-state index contributed by atoms with van der Waals surface area (Å²) in [6, 6.07) is 16.0. The van der Waals surface area contributed by atoms with Crippen LogP contribution in [-0.2, 0) is 14.4 Å². The van der Waals surface area contributed by atoms with E-state index in [4.69, 9.17) is 10.00 Å². The molecule has 2 N–H and O–H groups in total. The average Bonchev–Trinajstić information content (AvgIpc) is 3.13. The Morgan fingerprint density at radius 1 is 1.17 bits per heavy atom. The van der Waals surface area contributed by atoms with Crippen LogP contribution < -0.4 is 20.5 Å². The molecule has 1 atom stereocenters. The van der Waals surface area contributed by atoms with E-state index < -0.39 is 17.7 Å². The highest BCUT2D eigenvalue weighted by Gasteiger charge is 2.35. The molecular weight excluding hydrogens is 372 g/mol. The van der Waals surface area contributed by atoms with Crippen LogP contribution in [0.25, 0.3) is 0 Å². The second-order valence-electron chi connectivity index (χ2n) is 6.68. The number of nitrogens with zero attached hydrogens (tertiary/aromatic N) is 2. The number of nitrogens with one attached hydrogen (secondary N) is 2. The SMILES string of the molecule is Cc1ccc(N2C[C@H](C(=O)NNC(=O)COc3ccccc3C#N)CC2=O)cc1. The van der Waals surface area contributed by atoms with E-state index in [2.05, 4.69) is 10.9 Å². The van der Waals surface area contributed by atoms with Crippen LogP contribution in [0.4, 0.5) is 5.69 Å². The molecule has 8 heteroatoms. The number of rotatable bonds is 5. The van der Waals surface area contributed by atoms with Gasteiger partial charge in [-0.1, -0.05) is 29.8 Å². The van der Waals surface area contributed by atoms with Crippen LogP contribution in [0.2, 0.25) is 0 Å². The number of carbonyl (C=O) groups is 3. The molecule has 1 heterocycles. The zero-order chi connectivity index (χ0) is 20.8. The summed E-state index contributed by atoms with van der Waals surface area (Å²) in [6.45, 7) is 1.84. The van der Waals surface area contributed by atoms with Crippen molar-refractivity contribution >= 4 is 23.4 Å². The normalized spacial score (nSPS) is 15.5. The maximum absolute atomic E-state index is 12.3. The Kier molecular flexibility index (Phi) is 6.09. The maximum atomic E-state index is 12.3. The minimum absolute atomic E-state index is 0.0711. The molecule has 0 saturated carbocycles. The second kappa shape index (κ2) is 8.89. The van der Waals surface area contributed by atoms with Crippen molar-refractivity contribution in [3.63, 3.8) is 0 Å². The zero-order valence-electron chi connectivity index (χ0n) is 15.8. The third-order valence-corrected chi connectivity index (χ3v) is 4.53. The molecule has 0 aliphatic carbocycles. The van der Waals surface area contributed by atoms with Crippen molar-refractivity contribution in [3.05, 3.63) is 59.7 Å². The summed E-state index contributed by atoms with van der Waals surface area (Å²) in [5.74, 6) is -1.45. The van der Waals surface area contributed by atoms with Crippen molar-refractivity contribution in [3.8, 4) is 11.8 Å². The first-order valence-corrected chi connectivity index (χ1v) is 9.05. The number of amides is 3. The highest BCUT2D eigenvalue weighted by molar-refractivity contribution is 6.00. The third-order valence-electron chi connectivity index (χ3n) is 4.53. The smallest absolute Gasteiger partial charge is 0.276 e. The number of hydrogen-bond donors (Lipinski definition) is 2. The average molecular weight is 392 g/mol. The van der Waals surface area contributed by atoms with Crippen LogP contribution in [0.3, 0.4) is 0 Å². The van der Waals surface area contributed by atoms with Gasteiger partial charge in [0.15, 0.2) is 6.61 Å². The first kappa shape index (κ1) is 19.9. The van der Waals surface area contributed by atoms with Crippen molar-refractivity contribution in [2.45, 2.75) is 13.3 Å². The maximum Gasteiger partial charge on any atom is 0.276 e. The fourth-order valence-corrected chi connectivity index (χ4v) is 2.96. The Morgan fingerprint density at radius 3 is 2.62 bits per heavy atom. The van der Waals surface area contributed by atoms with E-state index in [1.807, 2.05) is 37.3 Å². The van der Waals surface area contributed by atoms with E-state index in [9.17, 15) is 14.4 Å². The van der Waals surface area contributed by atoms with Crippen LogP contribution in [0.1, 0.15) is 17.5 Å². The number of benzene rings is 2. The number of nitriles is 1. The minimum Gasteiger partial charge on any atom is -0.482 e. The van der Waals surface area contributed by atoms with Gasteiger partial charge in [0.1, 0.15) is 11.8 Å². The number of ether oxygens (including phenoxy) is 1. The standard InChI is InChI=1S/C21H20N4O4/c1-14-6-8-17(9-7-14)25-12-16(10-20(25)27)21(28)24-23-19(26)13-29-18-5-3-2-4-15(18)11-22/h2-9,16H,10,12-13H2,1H3,(H,23,26)(H,24,28)/t16-/m1/s1. The van der Waals surface area contributed by atoms with Gasteiger partial charge in [0.05, 0.1) is 11.5 Å². The molecule has 0 radical (unpaired) electrons. The summed E-state index contributed by atoms with van der Waals surface area (Å²) in [5, 5.41) is 9.00. The van der Waals surface area contributed by atoms with Gasteiger partial charge in [-0.25, -0.2) is 0 Å². The Balaban J connectivity index is 1.48. The highest BCUT2D eigenvalue weighted by Crippen LogP contribution is 2.25. The quantitative estimate of drug-likeness (QED) is 0.748. The van der Waals surface area contributed by atoms with E-state index in [1.165, 1.54) is 0 Å². The third kappa shape index (κ3) is 4.90. The van der Waals surface area contributed by atoms with Gasteiger partial charge in [-0.2, -0.15) is 5.26 Å². The molecule has 2 aromatic rings. The van der Waals surface area contributed by atoms with Gasteiger partial charge in [-0.05, 0) is 31.2 Å². The van der Waals surface area contributed by atoms with E-state index in [0.717, 1.165) is 11.3 Å². The van der Waals surface area contributed by atoms with Crippen LogP contribution in [0, 0.1) is 24.2 Å². The fourth-order valence-electron chi connectivity index (χ4n) is 2.96. The van der Waals surface area contributed by atoms with Gasteiger partial charge in [-0.3, -0.25) is 25.2 Å². The number of hydrazine groups is 1. The molecule has 1 fully saturated rings. The molecule has 0 aromatic heterocycles. The molecule has 148 valence electrons. The molecule has 29 heavy (non-hydrogen) atoms. The molecule has 0 spiro atoms. The summed E-state index contributed by atoms with van der Waals surface area (Å²) in [7, 11) is 0. The van der Waals surface area contributed by atoms with E-state index in [0.29, 0.717) is 5.56 Å². The second-order valence-corrected chi connectivity index (χ2v) is 6.68. The topological polar surface area (TPSA) is 112 Å². The number of carbonyl (C=O) groups excluding carboxylic acids is 3. The molecule has 8 nitrogen and oxygen atoms in total. The van der Waals surface area contributed by atoms with E-state index >= 15 is 0 Å². The Hall–Kier alpha value is -3.86. The number of hydrogen-bond acceptors (Lipinski definition) is 5. The summed E-state index contributed by atoms with van der Waals surface area (Å²) < 4.78 is 5.30. The summed E-state index contributed by atoms with van der Waals surface area (Å²) in [6.07, 6.45) is 0.0711. The molecule has 3 amide bonds. The van der Waals surface area contributed by atoms with Gasteiger partial charge < -0.3 is 9.64 Å². The molecular formula is C21H20N4O4. The Bertz CT molecular complexity index is 965. The molecule has 0 unspecified atom stereocenters. The van der Waals surface area contributed by atoms with E-state index in [-0.39, 0.29) is 31.2 Å². The van der Waals surface area contributed by atoms with Gasteiger partial charge >= 0.3 is 0 Å². The van der Waals surface area contributed by atoms with Gasteiger partial charge in [0.25, 0.3) is 5.91 Å². The first-order chi connectivity index (χ1) is 14.0. The number of para-hydroxylation sites is 1. The predicted molar refractivity (Wildman–Crippen MR) is 105 cm³/mol. The largest absolute Gasteiger partial charge is 0.482 e. The van der Waals surface area contributed by atoms with Crippen molar-refractivity contribution in [1.82, 2.24) is 10.9 Å². The van der Waals surface area contributed by atoms with Crippen molar-refractivity contribution in [1.29, 1.82) is 5.26 Å². The zero-order valence-corrected chi connectivity index (χ0v) is 15.8. The monoisotopic (exact) mass is 392 g/mol. The Morgan fingerprint density at radius 2 is 1.90 bits per heavy atom. The number of aryl methyl sites for hydroxylation is 1. The molecule has 2 aromatic carbocycles. The van der Waals surface area contributed by atoms with Gasteiger partial charge in [0, 0.05) is 18.7 Å². The molecule has 1 aliphatic rings. The van der Waals surface area contributed by atoms with Crippen LogP contribution >= 0.6 is 0 Å². The van der Waals surface area contributed by atoms with Crippen LogP contribution in [0.15, 0.2) is 48.5 Å². The summed E-state index contributed by atoms with van der Waals surface area (Å²) in [4.78, 5) is 38.0. The highest BCUT2D eigenvalue weighted by atomic mass is 16.5. The Labute approximate surface area is 168 Å². The van der Waals surface area contributed by atoms with Gasteiger partial charge in [0.2, 0.25) is 11.8 Å². The van der Waals surface area contributed by atoms with E-state index in [1.54, 1.807) is 29.2 Å². The first-order valence-electron chi connectivity index (χ1n) is 9.05. The lowest BCUT2D eigenvalue weighted by Crippen LogP contribution is -2.46. The molecule has 1 saturated heterocycles. The van der Waals surface area contributed by atoms with Gasteiger partial charge in [-0.15, -0.1) is 0 Å². The lowest BCUT2D eigenvalue weighted by atomic mass is 10.1. The molecule has 3 rings (SSSR count). The van der Waals surface area contributed by atoms with Crippen molar-refractivity contribution < 1.29 is 19.1 Å². The lowest BCUT2D eigenvalue weighted by molar-refractivity contribution is -0.132. The summed E-state index contributed by atoms with van der Waals surface area (Å²) >= 11 is 0. The predicted octanol–water partition coefficient (Wildman–Crippen LogP) is 1.45. The molecule has 0 bridgehead atoms. The molecule has 1 aliphatic heterocycles. The number of anilines is 1. The van der Waals surface area contributed by atoms with Crippen LogP contribution in [0.5, 0.6) is 5.75 Å². The minimum atomic E-state index is -0.578. The fraction of sp³-hybridized carbons (Fsp3) is 0.238. The van der Waals surface area contributed by atoms with Crippen LogP contribution in [-0.4, -0.2) is 30.9 Å². The van der Waals surface area contributed by atoms with Crippen molar-refractivity contribution in [2.75, 3.05) is 18.1 Å².